The highest BCUT2D eigenvalue weighted by Gasteiger charge is 2.11. The van der Waals surface area contributed by atoms with Crippen molar-refractivity contribution in [3.05, 3.63) is 45.4 Å². The second kappa shape index (κ2) is 7.92. The van der Waals surface area contributed by atoms with E-state index in [1.807, 2.05) is 12.3 Å². The van der Waals surface area contributed by atoms with E-state index >= 15 is 0 Å². The maximum absolute atomic E-state index is 4.52. The smallest absolute Gasteiger partial charge is 0.185 e. The molecule has 0 amide bonds. The highest BCUT2D eigenvalue weighted by atomic mass is 79.9. The van der Waals surface area contributed by atoms with Crippen molar-refractivity contribution in [2.24, 2.45) is 0 Å². The molecular weight excluding hydrogens is 346 g/mol. The Hall–Kier alpha value is -0.910. The van der Waals surface area contributed by atoms with Gasteiger partial charge in [-0.25, -0.2) is 4.98 Å². The fourth-order valence-electron chi connectivity index (χ4n) is 2.21. The van der Waals surface area contributed by atoms with Gasteiger partial charge in [-0.3, -0.25) is 0 Å². The van der Waals surface area contributed by atoms with Crippen LogP contribution in [-0.4, -0.2) is 18.1 Å². The summed E-state index contributed by atoms with van der Waals surface area (Å²) in [6, 6.07) is 8.65. The lowest BCUT2D eigenvalue weighted by Crippen LogP contribution is -2.21. The summed E-state index contributed by atoms with van der Waals surface area (Å²) in [7, 11) is 0. The van der Waals surface area contributed by atoms with Gasteiger partial charge in [0.2, 0.25) is 0 Å². The van der Waals surface area contributed by atoms with Crippen molar-refractivity contribution in [3.63, 3.8) is 0 Å². The quantitative estimate of drug-likeness (QED) is 0.774. The predicted octanol–water partition coefficient (Wildman–Crippen LogP) is 4.60. The summed E-state index contributed by atoms with van der Waals surface area (Å²) in [4.78, 5) is 8.08. The Balaban J connectivity index is 1.96. The number of anilines is 1. The first kappa shape index (κ1) is 16.5. The summed E-state index contributed by atoms with van der Waals surface area (Å²) in [6.45, 7) is 9.37. The van der Waals surface area contributed by atoms with Crippen molar-refractivity contribution < 1.29 is 0 Å². The minimum absolute atomic E-state index is 0.305. The van der Waals surface area contributed by atoms with Gasteiger partial charge in [0.15, 0.2) is 5.13 Å². The molecule has 1 aromatic heterocycles. The molecule has 21 heavy (non-hydrogen) atoms. The number of aromatic nitrogens is 1. The maximum Gasteiger partial charge on any atom is 0.185 e. The summed E-state index contributed by atoms with van der Waals surface area (Å²) in [6.07, 6.45) is 1.98. The number of rotatable bonds is 7. The third-order valence-electron chi connectivity index (χ3n) is 3.53. The van der Waals surface area contributed by atoms with E-state index in [1.54, 1.807) is 11.3 Å². The molecule has 3 nitrogen and oxygen atoms in total. The normalized spacial score (nSPS) is 12.4. The summed E-state index contributed by atoms with van der Waals surface area (Å²) in [5, 5.41) is 4.68. The fraction of sp³-hybridized carbons (Fsp3) is 0.438. The molecule has 1 atom stereocenters. The number of thiazole rings is 1. The average molecular weight is 368 g/mol. The summed E-state index contributed by atoms with van der Waals surface area (Å²) in [5.74, 6) is 0. The van der Waals surface area contributed by atoms with Crippen LogP contribution in [0.3, 0.4) is 0 Å². The molecule has 0 radical (unpaired) electrons. The van der Waals surface area contributed by atoms with E-state index in [-0.39, 0.29) is 0 Å². The molecule has 0 fully saturated rings. The molecule has 0 aliphatic carbocycles. The Morgan fingerprint density at radius 3 is 2.67 bits per heavy atom. The van der Waals surface area contributed by atoms with Gasteiger partial charge in [-0.2, -0.15) is 0 Å². The number of nitrogens with zero attached hydrogens (tertiary/aromatic N) is 2. The third-order valence-corrected chi connectivity index (χ3v) is 5.31. The van der Waals surface area contributed by atoms with Gasteiger partial charge in [0, 0.05) is 41.2 Å². The van der Waals surface area contributed by atoms with Crippen LogP contribution in [0.5, 0.6) is 0 Å². The molecule has 0 spiro atoms. The zero-order valence-electron chi connectivity index (χ0n) is 12.8. The molecule has 114 valence electrons. The molecule has 0 unspecified atom stereocenters. The Labute approximate surface area is 139 Å². The van der Waals surface area contributed by atoms with E-state index in [0.717, 1.165) is 29.2 Å². The maximum atomic E-state index is 4.52. The van der Waals surface area contributed by atoms with E-state index in [1.165, 1.54) is 10.4 Å². The molecule has 1 aromatic carbocycles. The zero-order valence-corrected chi connectivity index (χ0v) is 15.2. The summed E-state index contributed by atoms with van der Waals surface area (Å²) in [5.41, 5.74) is 1.28. The van der Waals surface area contributed by atoms with Crippen LogP contribution >= 0.6 is 27.3 Å². The average Bonchev–Trinajstić information content (AvgIpc) is 2.95. The molecule has 1 N–H and O–H groups in total. The molecule has 0 aliphatic rings. The highest BCUT2D eigenvalue weighted by molar-refractivity contribution is 9.10. The third kappa shape index (κ3) is 4.28. The first-order valence-corrected chi connectivity index (χ1v) is 8.94. The molecular formula is C16H22BrN3S. The molecule has 5 heteroatoms. The number of hydrogen-bond donors (Lipinski definition) is 1. The van der Waals surface area contributed by atoms with Gasteiger partial charge < -0.3 is 10.2 Å². The lowest BCUT2D eigenvalue weighted by atomic mass is 10.1. The van der Waals surface area contributed by atoms with Crippen molar-refractivity contribution >= 4 is 32.4 Å². The summed E-state index contributed by atoms with van der Waals surface area (Å²) < 4.78 is 1.15. The number of halogens is 1. The van der Waals surface area contributed by atoms with Gasteiger partial charge in [-0.05, 0) is 32.4 Å². The molecule has 0 aliphatic heterocycles. The van der Waals surface area contributed by atoms with Crippen LogP contribution in [0.4, 0.5) is 5.13 Å². The van der Waals surface area contributed by atoms with Crippen molar-refractivity contribution in [2.45, 2.75) is 33.4 Å². The fourth-order valence-corrected chi connectivity index (χ4v) is 3.83. The molecule has 0 saturated heterocycles. The van der Waals surface area contributed by atoms with Crippen LogP contribution in [-0.2, 0) is 6.54 Å². The second-order valence-corrected chi connectivity index (χ2v) is 6.85. The Bertz CT molecular complexity index is 566. The van der Waals surface area contributed by atoms with E-state index in [4.69, 9.17) is 0 Å². The molecule has 2 aromatic rings. The van der Waals surface area contributed by atoms with E-state index in [9.17, 15) is 0 Å². The Morgan fingerprint density at radius 2 is 2.00 bits per heavy atom. The van der Waals surface area contributed by atoms with Crippen molar-refractivity contribution in [1.29, 1.82) is 0 Å². The van der Waals surface area contributed by atoms with Crippen LogP contribution in [0.1, 0.15) is 37.3 Å². The monoisotopic (exact) mass is 367 g/mol. The summed E-state index contributed by atoms with van der Waals surface area (Å²) >= 11 is 5.38. The number of nitrogens with one attached hydrogen (secondary N) is 1. The van der Waals surface area contributed by atoms with Gasteiger partial charge in [-0.1, -0.05) is 34.1 Å². The minimum Gasteiger partial charge on any atom is -0.349 e. The van der Waals surface area contributed by atoms with E-state index < -0.39 is 0 Å². The molecule has 1 heterocycles. The van der Waals surface area contributed by atoms with Gasteiger partial charge in [0.1, 0.15) is 0 Å². The highest BCUT2D eigenvalue weighted by Crippen LogP contribution is 2.25. The van der Waals surface area contributed by atoms with Gasteiger partial charge in [0.25, 0.3) is 0 Å². The first-order valence-electron chi connectivity index (χ1n) is 7.33. The van der Waals surface area contributed by atoms with E-state index in [2.05, 4.69) is 70.1 Å². The molecule has 2 rings (SSSR count). The molecule has 0 bridgehead atoms. The number of hydrogen-bond acceptors (Lipinski definition) is 4. The van der Waals surface area contributed by atoms with Gasteiger partial charge in [0.05, 0.1) is 0 Å². The van der Waals surface area contributed by atoms with Crippen LogP contribution in [0, 0.1) is 0 Å². The van der Waals surface area contributed by atoms with Crippen LogP contribution < -0.4 is 10.2 Å². The van der Waals surface area contributed by atoms with Crippen molar-refractivity contribution in [2.75, 3.05) is 18.0 Å². The zero-order chi connectivity index (χ0) is 15.2. The lowest BCUT2D eigenvalue weighted by Gasteiger charge is -2.16. The first-order chi connectivity index (χ1) is 10.2. The predicted molar refractivity (Wildman–Crippen MR) is 95.1 cm³/mol. The SMILES string of the molecule is CCN(CC)c1ncc(CN[C@H](C)c2ccccc2Br)s1. The second-order valence-electron chi connectivity index (χ2n) is 4.91. The minimum atomic E-state index is 0.305. The van der Waals surface area contributed by atoms with Crippen molar-refractivity contribution in [1.82, 2.24) is 10.3 Å². The van der Waals surface area contributed by atoms with Gasteiger partial charge in [-0.15, -0.1) is 11.3 Å². The lowest BCUT2D eigenvalue weighted by molar-refractivity contribution is 0.576. The Kier molecular flexibility index (Phi) is 6.21. The van der Waals surface area contributed by atoms with Crippen molar-refractivity contribution in [3.8, 4) is 0 Å². The van der Waals surface area contributed by atoms with Crippen LogP contribution in [0.15, 0.2) is 34.9 Å². The van der Waals surface area contributed by atoms with Crippen LogP contribution in [0.2, 0.25) is 0 Å². The van der Waals surface area contributed by atoms with Crippen LogP contribution in [0.25, 0.3) is 0 Å². The topological polar surface area (TPSA) is 28.2 Å². The standard InChI is InChI=1S/C16H22BrN3S/c1-4-20(5-2)16-19-11-13(21-16)10-18-12(3)14-8-6-7-9-15(14)17/h6-9,11-12,18H,4-5,10H2,1-3H3/t12-/m1/s1. The Morgan fingerprint density at radius 1 is 1.29 bits per heavy atom. The largest absolute Gasteiger partial charge is 0.349 e. The van der Waals surface area contributed by atoms with E-state index in [0.29, 0.717) is 6.04 Å². The number of benzene rings is 1. The van der Waals surface area contributed by atoms with Gasteiger partial charge >= 0.3 is 0 Å². The molecule has 0 saturated carbocycles.